The van der Waals surface area contributed by atoms with Crippen LogP contribution in [0.5, 0.6) is 11.5 Å². The van der Waals surface area contributed by atoms with E-state index in [1.807, 2.05) is 18.2 Å². The molecule has 19 heavy (non-hydrogen) atoms. The Morgan fingerprint density at radius 3 is 2.68 bits per heavy atom. The predicted molar refractivity (Wildman–Crippen MR) is 72.8 cm³/mol. The van der Waals surface area contributed by atoms with Crippen molar-refractivity contribution in [3.63, 3.8) is 0 Å². The number of methoxy groups -OCH3 is 1. The van der Waals surface area contributed by atoms with Gasteiger partial charge >= 0.3 is 0 Å². The third kappa shape index (κ3) is 4.11. The minimum Gasteiger partial charge on any atom is -0.493 e. The maximum Gasteiger partial charge on any atom is 0.161 e. The molecular weight excluding hydrogens is 244 g/mol. The summed E-state index contributed by atoms with van der Waals surface area (Å²) in [6, 6.07) is 5.82. The van der Waals surface area contributed by atoms with Crippen LogP contribution in [0.15, 0.2) is 18.2 Å². The third-order valence-electron chi connectivity index (χ3n) is 3.22. The topological polar surface area (TPSA) is 47.9 Å². The Kier molecular flexibility index (Phi) is 5.05. The monoisotopic (exact) mass is 266 g/mol. The van der Waals surface area contributed by atoms with Crippen molar-refractivity contribution in [2.24, 2.45) is 0 Å². The highest BCUT2D eigenvalue weighted by Crippen LogP contribution is 2.30. The first kappa shape index (κ1) is 14.2. The van der Waals surface area contributed by atoms with Crippen LogP contribution in [0, 0.1) is 0 Å². The van der Waals surface area contributed by atoms with Crippen molar-refractivity contribution in [1.82, 2.24) is 0 Å². The van der Waals surface area contributed by atoms with Crippen LogP contribution in [0.2, 0.25) is 0 Å². The number of ether oxygens (including phenoxy) is 3. The molecule has 1 aliphatic rings. The second-order valence-electron chi connectivity index (χ2n) is 4.97. The lowest BCUT2D eigenvalue weighted by molar-refractivity contribution is 0.0245. The molecule has 106 valence electrons. The second-order valence-corrected chi connectivity index (χ2v) is 4.97. The normalized spacial score (nSPS) is 18.1. The Bertz CT molecular complexity index is 397. The van der Waals surface area contributed by atoms with Crippen LogP contribution in [-0.2, 0) is 11.2 Å². The summed E-state index contributed by atoms with van der Waals surface area (Å²) in [5.74, 6) is 1.49. The van der Waals surface area contributed by atoms with Crippen LogP contribution >= 0.6 is 0 Å². The zero-order valence-electron chi connectivity index (χ0n) is 11.6. The van der Waals surface area contributed by atoms with Gasteiger partial charge in [-0.15, -0.1) is 0 Å². The molecule has 1 aromatic carbocycles. The van der Waals surface area contributed by atoms with E-state index in [1.54, 1.807) is 14.0 Å². The smallest absolute Gasteiger partial charge is 0.161 e. The summed E-state index contributed by atoms with van der Waals surface area (Å²) in [5.41, 5.74) is 1.05. The van der Waals surface area contributed by atoms with Gasteiger partial charge in [0.05, 0.1) is 26.4 Å². The van der Waals surface area contributed by atoms with Gasteiger partial charge in [0, 0.05) is 12.8 Å². The van der Waals surface area contributed by atoms with Crippen LogP contribution in [0.25, 0.3) is 0 Å². The maximum atomic E-state index is 9.46. The highest BCUT2D eigenvalue weighted by Gasteiger charge is 2.17. The van der Waals surface area contributed by atoms with Crippen molar-refractivity contribution < 1.29 is 19.3 Å². The van der Waals surface area contributed by atoms with E-state index in [2.05, 4.69) is 0 Å². The molecule has 1 aliphatic heterocycles. The van der Waals surface area contributed by atoms with Gasteiger partial charge in [0.25, 0.3) is 0 Å². The molecule has 1 unspecified atom stereocenters. The molecule has 4 heteroatoms. The summed E-state index contributed by atoms with van der Waals surface area (Å²) in [5, 5.41) is 9.46. The average Bonchev–Trinajstić information content (AvgIpc) is 2.39. The fraction of sp³-hybridized carbons (Fsp3) is 0.600. The number of hydrogen-bond acceptors (Lipinski definition) is 4. The first-order valence-corrected chi connectivity index (χ1v) is 6.78. The minimum atomic E-state index is -0.357. The van der Waals surface area contributed by atoms with Crippen molar-refractivity contribution in [3.8, 4) is 11.5 Å². The van der Waals surface area contributed by atoms with E-state index in [4.69, 9.17) is 14.2 Å². The van der Waals surface area contributed by atoms with E-state index in [1.165, 1.54) is 0 Å². The zero-order chi connectivity index (χ0) is 13.7. The van der Waals surface area contributed by atoms with Crippen molar-refractivity contribution in [2.75, 3.05) is 20.3 Å². The van der Waals surface area contributed by atoms with Crippen LogP contribution in [0.3, 0.4) is 0 Å². The standard InChI is InChI=1S/C15H22O4/c1-11(16)9-12-3-4-14(17-2)15(10-12)19-13-5-7-18-8-6-13/h3-4,10-11,13,16H,5-9H2,1-2H3. The lowest BCUT2D eigenvalue weighted by Crippen LogP contribution is -2.26. The van der Waals surface area contributed by atoms with Gasteiger partial charge in [-0.1, -0.05) is 6.07 Å². The fourth-order valence-corrected chi connectivity index (χ4v) is 2.25. The van der Waals surface area contributed by atoms with Gasteiger partial charge in [0.2, 0.25) is 0 Å². The molecule has 1 saturated heterocycles. The summed E-state index contributed by atoms with van der Waals surface area (Å²) >= 11 is 0. The quantitative estimate of drug-likeness (QED) is 0.887. The molecule has 1 fully saturated rings. The van der Waals surface area contributed by atoms with Crippen LogP contribution in [0.1, 0.15) is 25.3 Å². The lowest BCUT2D eigenvalue weighted by atomic mass is 10.1. The molecule has 0 amide bonds. The number of hydrogen-bond donors (Lipinski definition) is 1. The van der Waals surface area contributed by atoms with Crippen molar-refractivity contribution in [3.05, 3.63) is 23.8 Å². The Labute approximate surface area is 114 Å². The molecule has 1 N–H and O–H groups in total. The molecule has 0 spiro atoms. The van der Waals surface area contributed by atoms with E-state index >= 15 is 0 Å². The molecule has 1 atom stereocenters. The minimum absolute atomic E-state index is 0.185. The summed E-state index contributed by atoms with van der Waals surface area (Å²) in [6.07, 6.45) is 2.26. The summed E-state index contributed by atoms with van der Waals surface area (Å²) in [6.45, 7) is 3.28. The van der Waals surface area contributed by atoms with Crippen molar-refractivity contribution in [2.45, 2.75) is 38.4 Å². The van der Waals surface area contributed by atoms with E-state index in [9.17, 15) is 5.11 Å². The largest absolute Gasteiger partial charge is 0.493 e. The van der Waals surface area contributed by atoms with Crippen LogP contribution in [-0.4, -0.2) is 37.6 Å². The molecule has 0 aliphatic carbocycles. The van der Waals surface area contributed by atoms with E-state index in [0.29, 0.717) is 6.42 Å². The molecule has 0 radical (unpaired) electrons. The first-order valence-electron chi connectivity index (χ1n) is 6.78. The summed E-state index contributed by atoms with van der Waals surface area (Å²) < 4.78 is 16.7. The average molecular weight is 266 g/mol. The Morgan fingerprint density at radius 2 is 2.05 bits per heavy atom. The molecule has 0 aromatic heterocycles. The molecule has 1 heterocycles. The van der Waals surface area contributed by atoms with E-state index < -0.39 is 0 Å². The number of aliphatic hydroxyl groups excluding tert-OH is 1. The number of benzene rings is 1. The van der Waals surface area contributed by atoms with Crippen molar-refractivity contribution in [1.29, 1.82) is 0 Å². The molecular formula is C15H22O4. The predicted octanol–water partition coefficient (Wildman–Crippen LogP) is 2.18. The van der Waals surface area contributed by atoms with Crippen LogP contribution < -0.4 is 9.47 Å². The second kappa shape index (κ2) is 6.78. The van der Waals surface area contributed by atoms with Crippen molar-refractivity contribution >= 4 is 0 Å². The number of aliphatic hydroxyl groups is 1. The van der Waals surface area contributed by atoms with E-state index in [-0.39, 0.29) is 12.2 Å². The van der Waals surface area contributed by atoms with Gasteiger partial charge in [0.15, 0.2) is 11.5 Å². The van der Waals surface area contributed by atoms with Gasteiger partial charge < -0.3 is 19.3 Å². The molecule has 4 nitrogen and oxygen atoms in total. The summed E-state index contributed by atoms with van der Waals surface area (Å²) in [7, 11) is 1.64. The third-order valence-corrected chi connectivity index (χ3v) is 3.22. The molecule has 0 bridgehead atoms. The Hall–Kier alpha value is -1.26. The first-order chi connectivity index (χ1) is 9.19. The molecule has 1 aromatic rings. The SMILES string of the molecule is COc1ccc(CC(C)O)cc1OC1CCOCC1. The van der Waals surface area contributed by atoms with Gasteiger partial charge in [-0.25, -0.2) is 0 Å². The number of rotatable bonds is 5. The highest BCUT2D eigenvalue weighted by atomic mass is 16.5. The Balaban J connectivity index is 2.10. The molecule has 0 saturated carbocycles. The van der Waals surface area contributed by atoms with E-state index in [0.717, 1.165) is 43.1 Å². The summed E-state index contributed by atoms with van der Waals surface area (Å²) in [4.78, 5) is 0. The van der Waals surface area contributed by atoms with Gasteiger partial charge in [0.1, 0.15) is 6.10 Å². The highest BCUT2D eigenvalue weighted by molar-refractivity contribution is 5.43. The molecule has 2 rings (SSSR count). The van der Waals surface area contributed by atoms with Gasteiger partial charge in [-0.05, 0) is 31.0 Å². The maximum absolute atomic E-state index is 9.46. The zero-order valence-corrected chi connectivity index (χ0v) is 11.6. The van der Waals surface area contributed by atoms with Gasteiger partial charge in [-0.2, -0.15) is 0 Å². The fourth-order valence-electron chi connectivity index (χ4n) is 2.25. The van der Waals surface area contributed by atoms with Gasteiger partial charge in [-0.3, -0.25) is 0 Å². The van der Waals surface area contributed by atoms with Crippen LogP contribution in [0.4, 0.5) is 0 Å². The lowest BCUT2D eigenvalue weighted by Gasteiger charge is -2.24. The Morgan fingerprint density at radius 1 is 1.32 bits per heavy atom.